The summed E-state index contributed by atoms with van der Waals surface area (Å²) in [5.41, 5.74) is 5.95. The molecular weight excluding hydrogens is 639 g/mol. The topological polar surface area (TPSA) is 50.3 Å². The molecular formula is C40H44F3N5O2. The number of alkyl halides is 3. The summed E-state index contributed by atoms with van der Waals surface area (Å²) < 4.78 is 38.8. The number of hydrogen-bond acceptors (Lipinski definition) is 4. The number of carbonyl (C=O) groups is 2. The van der Waals surface area contributed by atoms with E-state index in [2.05, 4.69) is 66.2 Å². The van der Waals surface area contributed by atoms with Crippen molar-refractivity contribution in [2.75, 3.05) is 57.1 Å². The average Bonchev–Trinajstić information content (AvgIpc) is 3.82. The SMILES string of the molecule is Cc1ccc(N2CCC(N(C)C(=O)N3CCC(N(C)C(=O)c4ccc(-c5ccc(C(F)(F)F)cc5)cc4)C3)C2)c(N(C)Cc2ccccc2)c1. The monoisotopic (exact) mass is 683 g/mol. The first kappa shape index (κ1) is 34.9. The minimum absolute atomic E-state index is 0.0218. The molecule has 4 aromatic carbocycles. The Bertz CT molecular complexity index is 1800. The van der Waals surface area contributed by atoms with Crippen molar-refractivity contribution in [2.45, 2.75) is 44.6 Å². The fourth-order valence-corrected chi connectivity index (χ4v) is 7.06. The molecule has 2 saturated heterocycles. The van der Waals surface area contributed by atoms with Gasteiger partial charge in [0.05, 0.1) is 29.0 Å². The molecule has 2 aliphatic rings. The van der Waals surface area contributed by atoms with Gasteiger partial charge in [0, 0.05) is 59.4 Å². The van der Waals surface area contributed by atoms with Crippen LogP contribution in [0.5, 0.6) is 0 Å². The number of amides is 3. The van der Waals surface area contributed by atoms with Gasteiger partial charge < -0.3 is 24.5 Å². The second-order valence-corrected chi connectivity index (χ2v) is 13.6. The van der Waals surface area contributed by atoms with Crippen LogP contribution in [0, 0.1) is 6.92 Å². The van der Waals surface area contributed by atoms with Gasteiger partial charge >= 0.3 is 12.2 Å². The summed E-state index contributed by atoms with van der Waals surface area (Å²) >= 11 is 0. The highest BCUT2D eigenvalue weighted by molar-refractivity contribution is 5.95. The van der Waals surface area contributed by atoms with Crippen LogP contribution in [0.15, 0.2) is 97.1 Å². The van der Waals surface area contributed by atoms with Crippen LogP contribution in [0.3, 0.4) is 0 Å². The van der Waals surface area contributed by atoms with Gasteiger partial charge in [-0.3, -0.25) is 4.79 Å². The fourth-order valence-electron chi connectivity index (χ4n) is 7.06. The molecule has 50 heavy (non-hydrogen) atoms. The number of aryl methyl sites for hydroxylation is 1. The van der Waals surface area contributed by atoms with Gasteiger partial charge in [-0.25, -0.2) is 4.79 Å². The molecule has 2 heterocycles. The first-order valence-electron chi connectivity index (χ1n) is 17.1. The van der Waals surface area contributed by atoms with E-state index < -0.39 is 11.7 Å². The number of halogens is 3. The maximum Gasteiger partial charge on any atom is 0.416 e. The predicted octanol–water partition coefficient (Wildman–Crippen LogP) is 7.79. The van der Waals surface area contributed by atoms with Crippen LogP contribution in [0.25, 0.3) is 11.1 Å². The van der Waals surface area contributed by atoms with Crippen LogP contribution in [0.2, 0.25) is 0 Å². The van der Waals surface area contributed by atoms with Crippen LogP contribution >= 0.6 is 0 Å². The summed E-state index contributed by atoms with van der Waals surface area (Å²) in [7, 11) is 5.77. The Morgan fingerprint density at radius 3 is 2.04 bits per heavy atom. The first-order chi connectivity index (χ1) is 23.9. The van der Waals surface area contributed by atoms with Gasteiger partial charge in [-0.2, -0.15) is 13.2 Å². The zero-order valence-corrected chi connectivity index (χ0v) is 29.0. The van der Waals surface area contributed by atoms with Crippen LogP contribution < -0.4 is 9.80 Å². The van der Waals surface area contributed by atoms with E-state index in [0.717, 1.165) is 43.8 Å². The first-order valence-corrected chi connectivity index (χ1v) is 17.1. The van der Waals surface area contributed by atoms with Crippen LogP contribution in [0.1, 0.15) is 39.9 Å². The standard InChI is InChI=1S/C40H44F3N5O2/c1-28-10-19-36(37(24-28)44(2)25-29-8-6-5-7-9-29)47-22-20-35(26-47)46(4)39(50)48-23-21-34(27-48)45(3)38(49)32-13-11-30(12-14-32)31-15-17-33(18-16-31)40(41,42)43/h5-19,24,34-35H,20-23,25-27H2,1-4H3. The van der Waals surface area contributed by atoms with E-state index >= 15 is 0 Å². The number of urea groups is 1. The van der Waals surface area contributed by atoms with E-state index in [9.17, 15) is 22.8 Å². The summed E-state index contributed by atoms with van der Waals surface area (Å²) in [6.45, 7) is 5.54. The molecule has 3 amide bonds. The van der Waals surface area contributed by atoms with Gasteiger partial charge in [-0.15, -0.1) is 0 Å². The molecule has 262 valence electrons. The number of hydrogen-bond donors (Lipinski definition) is 0. The van der Waals surface area contributed by atoms with E-state index in [1.54, 1.807) is 36.2 Å². The van der Waals surface area contributed by atoms with Crippen LogP contribution in [-0.2, 0) is 12.7 Å². The predicted molar refractivity (Wildman–Crippen MR) is 192 cm³/mol. The lowest BCUT2D eigenvalue weighted by molar-refractivity contribution is -0.137. The largest absolute Gasteiger partial charge is 0.416 e. The van der Waals surface area contributed by atoms with Crippen molar-refractivity contribution in [3.8, 4) is 11.1 Å². The van der Waals surface area contributed by atoms with Crippen molar-refractivity contribution >= 4 is 23.3 Å². The highest BCUT2D eigenvalue weighted by atomic mass is 19.4. The number of likely N-dealkylation sites (tertiary alicyclic amines) is 1. The Hall–Kier alpha value is -4.99. The average molecular weight is 684 g/mol. The van der Waals surface area contributed by atoms with E-state index in [-0.39, 0.29) is 24.0 Å². The van der Waals surface area contributed by atoms with Crippen LogP contribution in [-0.4, -0.2) is 86.0 Å². The molecule has 2 unspecified atom stereocenters. The lowest BCUT2D eigenvalue weighted by atomic mass is 10.0. The van der Waals surface area contributed by atoms with Gasteiger partial charge in [-0.05, 0) is 78.4 Å². The summed E-state index contributed by atoms with van der Waals surface area (Å²) in [6.07, 6.45) is -2.84. The molecule has 10 heteroatoms. The van der Waals surface area contributed by atoms with Gasteiger partial charge in [0.2, 0.25) is 0 Å². The van der Waals surface area contributed by atoms with E-state index in [1.807, 2.05) is 22.9 Å². The summed E-state index contributed by atoms with van der Waals surface area (Å²) in [5.74, 6) is -0.158. The van der Waals surface area contributed by atoms with Crippen molar-refractivity contribution in [3.05, 3.63) is 119 Å². The summed E-state index contributed by atoms with van der Waals surface area (Å²) in [5, 5.41) is 0. The van der Waals surface area contributed by atoms with E-state index in [1.165, 1.54) is 34.6 Å². The molecule has 2 fully saturated rings. The second kappa shape index (κ2) is 14.5. The maximum absolute atomic E-state index is 13.7. The molecule has 0 spiro atoms. The zero-order chi connectivity index (χ0) is 35.6. The van der Waals surface area contributed by atoms with E-state index in [4.69, 9.17) is 0 Å². The minimum Gasteiger partial charge on any atom is -0.369 e. The smallest absolute Gasteiger partial charge is 0.369 e. The number of anilines is 2. The van der Waals surface area contributed by atoms with Crippen molar-refractivity contribution in [3.63, 3.8) is 0 Å². The maximum atomic E-state index is 13.7. The number of likely N-dealkylation sites (N-methyl/N-ethyl adjacent to an activating group) is 2. The molecule has 7 nitrogen and oxygen atoms in total. The summed E-state index contributed by atoms with van der Waals surface area (Å²) in [6, 6.07) is 28.8. The van der Waals surface area contributed by atoms with E-state index in [0.29, 0.717) is 30.6 Å². The third kappa shape index (κ3) is 7.59. The highest BCUT2D eigenvalue weighted by Crippen LogP contribution is 2.35. The third-order valence-corrected chi connectivity index (χ3v) is 10.1. The van der Waals surface area contributed by atoms with Crippen molar-refractivity contribution < 1.29 is 22.8 Å². The lowest BCUT2D eigenvalue weighted by Gasteiger charge is -2.32. The Balaban J connectivity index is 1.04. The molecule has 0 aliphatic carbocycles. The number of carbonyl (C=O) groups excluding carboxylic acids is 2. The minimum atomic E-state index is -4.39. The Kier molecular flexibility index (Phi) is 10.1. The molecule has 0 bridgehead atoms. The van der Waals surface area contributed by atoms with Gasteiger partial charge in [0.1, 0.15) is 0 Å². The highest BCUT2D eigenvalue weighted by Gasteiger charge is 2.36. The molecule has 4 aromatic rings. The Morgan fingerprint density at radius 1 is 0.760 bits per heavy atom. The van der Waals surface area contributed by atoms with Crippen molar-refractivity contribution in [1.29, 1.82) is 0 Å². The van der Waals surface area contributed by atoms with Crippen LogP contribution in [0.4, 0.5) is 29.3 Å². The molecule has 0 N–H and O–H groups in total. The van der Waals surface area contributed by atoms with Gasteiger partial charge in [0.15, 0.2) is 0 Å². The number of benzene rings is 4. The zero-order valence-electron chi connectivity index (χ0n) is 29.0. The molecule has 2 atom stereocenters. The Labute approximate surface area is 292 Å². The quantitative estimate of drug-likeness (QED) is 0.190. The number of rotatable bonds is 8. The molecule has 0 radical (unpaired) electrons. The van der Waals surface area contributed by atoms with Gasteiger partial charge in [-0.1, -0.05) is 60.7 Å². The molecule has 0 saturated carbocycles. The van der Waals surface area contributed by atoms with Crippen molar-refractivity contribution in [1.82, 2.24) is 14.7 Å². The van der Waals surface area contributed by atoms with Crippen molar-refractivity contribution in [2.24, 2.45) is 0 Å². The molecule has 2 aliphatic heterocycles. The molecule has 0 aromatic heterocycles. The summed E-state index contributed by atoms with van der Waals surface area (Å²) in [4.78, 5) is 37.2. The number of nitrogens with zero attached hydrogens (tertiary/aromatic N) is 5. The Morgan fingerprint density at radius 2 is 1.38 bits per heavy atom. The normalized spacial score (nSPS) is 17.6. The fraction of sp³-hybridized carbons (Fsp3) is 0.350. The third-order valence-electron chi connectivity index (χ3n) is 10.1. The second-order valence-electron chi connectivity index (χ2n) is 13.6. The lowest BCUT2D eigenvalue weighted by Crippen LogP contribution is -2.47. The van der Waals surface area contributed by atoms with Gasteiger partial charge in [0.25, 0.3) is 5.91 Å². The molecule has 6 rings (SSSR count).